The molecular weight excluding hydrogens is 334 g/mol. The predicted molar refractivity (Wildman–Crippen MR) is 97.0 cm³/mol. The standard InChI is InChI=1S/C19H15N3O4/c1-13-4-2-3-5-17(13)19(23)21-20-12-16-10-11-18(26-16)14-6-8-15(9-7-14)22(24)25/h2-12H,1H3,(H,21,23). The third-order valence-electron chi connectivity index (χ3n) is 3.74. The normalized spacial score (nSPS) is 10.8. The lowest BCUT2D eigenvalue weighted by Gasteiger charge is -2.02. The van der Waals surface area contributed by atoms with E-state index >= 15 is 0 Å². The molecule has 0 spiro atoms. The van der Waals surface area contributed by atoms with Crippen molar-refractivity contribution in [3.05, 3.63) is 87.7 Å². The largest absolute Gasteiger partial charge is 0.455 e. The van der Waals surface area contributed by atoms with Gasteiger partial charge >= 0.3 is 0 Å². The van der Waals surface area contributed by atoms with Crippen molar-refractivity contribution < 1.29 is 14.1 Å². The van der Waals surface area contributed by atoms with Gasteiger partial charge in [0.1, 0.15) is 11.5 Å². The second kappa shape index (κ2) is 7.43. The smallest absolute Gasteiger partial charge is 0.271 e. The Balaban J connectivity index is 1.66. The number of nitro benzene ring substituents is 1. The van der Waals surface area contributed by atoms with E-state index in [9.17, 15) is 14.9 Å². The molecule has 3 aromatic rings. The van der Waals surface area contributed by atoms with Crippen molar-refractivity contribution in [1.29, 1.82) is 0 Å². The SMILES string of the molecule is Cc1ccccc1C(=O)NN=Cc1ccc(-c2ccc([N+](=O)[O-])cc2)o1. The summed E-state index contributed by atoms with van der Waals surface area (Å²) < 4.78 is 5.61. The van der Waals surface area contributed by atoms with Gasteiger partial charge in [0.15, 0.2) is 0 Å². The molecule has 0 aliphatic rings. The highest BCUT2D eigenvalue weighted by Gasteiger charge is 2.09. The van der Waals surface area contributed by atoms with Crippen molar-refractivity contribution in [1.82, 2.24) is 5.43 Å². The molecule has 1 aromatic heterocycles. The number of hydrazone groups is 1. The number of nitrogens with zero attached hydrogens (tertiary/aromatic N) is 2. The molecule has 7 heteroatoms. The summed E-state index contributed by atoms with van der Waals surface area (Å²) in [6.45, 7) is 1.85. The molecule has 0 fully saturated rings. The Morgan fingerprint density at radius 1 is 1.12 bits per heavy atom. The minimum Gasteiger partial charge on any atom is -0.455 e. The van der Waals surface area contributed by atoms with E-state index in [4.69, 9.17) is 4.42 Å². The van der Waals surface area contributed by atoms with Crippen LogP contribution in [0.2, 0.25) is 0 Å². The van der Waals surface area contributed by atoms with Crippen molar-refractivity contribution >= 4 is 17.8 Å². The van der Waals surface area contributed by atoms with Gasteiger partial charge in [0, 0.05) is 23.3 Å². The van der Waals surface area contributed by atoms with Crippen LogP contribution in [0.1, 0.15) is 21.7 Å². The number of nitrogens with one attached hydrogen (secondary N) is 1. The number of amides is 1. The highest BCUT2D eigenvalue weighted by molar-refractivity contribution is 5.96. The van der Waals surface area contributed by atoms with Gasteiger partial charge in [0.2, 0.25) is 0 Å². The molecule has 0 bridgehead atoms. The third kappa shape index (κ3) is 3.84. The molecular formula is C19H15N3O4. The number of benzene rings is 2. The van der Waals surface area contributed by atoms with Crippen LogP contribution in [-0.4, -0.2) is 17.0 Å². The van der Waals surface area contributed by atoms with Crippen molar-refractivity contribution in [3.8, 4) is 11.3 Å². The second-order valence-electron chi connectivity index (χ2n) is 5.52. The molecule has 1 heterocycles. The zero-order valence-corrected chi connectivity index (χ0v) is 13.9. The van der Waals surface area contributed by atoms with E-state index in [-0.39, 0.29) is 11.6 Å². The second-order valence-corrected chi connectivity index (χ2v) is 5.52. The summed E-state index contributed by atoms with van der Waals surface area (Å²) in [5.41, 5.74) is 4.59. The van der Waals surface area contributed by atoms with Crippen molar-refractivity contribution in [2.24, 2.45) is 5.10 Å². The van der Waals surface area contributed by atoms with Crippen molar-refractivity contribution in [3.63, 3.8) is 0 Å². The van der Waals surface area contributed by atoms with E-state index in [1.165, 1.54) is 18.3 Å². The van der Waals surface area contributed by atoms with Gasteiger partial charge in [0.25, 0.3) is 11.6 Å². The molecule has 1 amide bonds. The molecule has 0 saturated heterocycles. The molecule has 1 N–H and O–H groups in total. The van der Waals surface area contributed by atoms with Gasteiger partial charge in [-0.1, -0.05) is 18.2 Å². The number of nitro groups is 1. The van der Waals surface area contributed by atoms with Crippen LogP contribution in [0.5, 0.6) is 0 Å². The van der Waals surface area contributed by atoms with Gasteiger partial charge in [-0.25, -0.2) is 5.43 Å². The van der Waals surface area contributed by atoms with E-state index in [0.717, 1.165) is 5.56 Å². The van der Waals surface area contributed by atoms with Gasteiger partial charge in [-0.05, 0) is 42.8 Å². The first-order chi connectivity index (χ1) is 12.5. The third-order valence-corrected chi connectivity index (χ3v) is 3.74. The number of carbonyl (C=O) groups excluding carboxylic acids is 1. The van der Waals surface area contributed by atoms with E-state index in [0.29, 0.717) is 22.6 Å². The highest BCUT2D eigenvalue weighted by Crippen LogP contribution is 2.24. The number of furan rings is 1. The van der Waals surface area contributed by atoms with Gasteiger partial charge in [-0.3, -0.25) is 14.9 Å². The lowest BCUT2D eigenvalue weighted by Crippen LogP contribution is -2.18. The highest BCUT2D eigenvalue weighted by atomic mass is 16.6. The fraction of sp³-hybridized carbons (Fsp3) is 0.0526. The quantitative estimate of drug-likeness (QED) is 0.429. The van der Waals surface area contributed by atoms with Gasteiger partial charge in [0.05, 0.1) is 11.1 Å². The molecule has 0 atom stereocenters. The van der Waals surface area contributed by atoms with Crippen LogP contribution in [0, 0.1) is 17.0 Å². The average Bonchev–Trinajstić information content (AvgIpc) is 3.11. The van der Waals surface area contributed by atoms with E-state index in [1.807, 2.05) is 19.1 Å². The van der Waals surface area contributed by atoms with E-state index in [1.54, 1.807) is 36.4 Å². The fourth-order valence-corrected chi connectivity index (χ4v) is 2.37. The lowest BCUT2D eigenvalue weighted by atomic mass is 10.1. The Morgan fingerprint density at radius 3 is 2.54 bits per heavy atom. The zero-order chi connectivity index (χ0) is 18.5. The number of hydrogen-bond donors (Lipinski definition) is 1. The fourth-order valence-electron chi connectivity index (χ4n) is 2.37. The topological polar surface area (TPSA) is 97.7 Å². The Labute approximate surface area is 149 Å². The first-order valence-corrected chi connectivity index (χ1v) is 7.78. The van der Waals surface area contributed by atoms with Gasteiger partial charge in [-0.2, -0.15) is 5.10 Å². The van der Waals surface area contributed by atoms with Crippen LogP contribution in [0.4, 0.5) is 5.69 Å². The van der Waals surface area contributed by atoms with E-state index < -0.39 is 4.92 Å². The minimum atomic E-state index is -0.457. The molecule has 130 valence electrons. The Bertz CT molecular complexity index is 974. The summed E-state index contributed by atoms with van der Waals surface area (Å²) in [5.74, 6) is 0.691. The first kappa shape index (κ1) is 17.1. The molecule has 0 aliphatic heterocycles. The maximum Gasteiger partial charge on any atom is 0.271 e. The van der Waals surface area contributed by atoms with Crippen molar-refractivity contribution in [2.75, 3.05) is 0 Å². The molecule has 7 nitrogen and oxygen atoms in total. The van der Waals surface area contributed by atoms with Crippen LogP contribution < -0.4 is 5.43 Å². The Hall–Kier alpha value is -3.74. The van der Waals surface area contributed by atoms with E-state index in [2.05, 4.69) is 10.5 Å². The van der Waals surface area contributed by atoms with Crippen LogP contribution in [0.3, 0.4) is 0 Å². The zero-order valence-electron chi connectivity index (χ0n) is 13.9. The summed E-state index contributed by atoms with van der Waals surface area (Å²) in [7, 11) is 0. The van der Waals surface area contributed by atoms with Gasteiger partial charge < -0.3 is 4.42 Å². The van der Waals surface area contributed by atoms with Crippen LogP contribution in [0.25, 0.3) is 11.3 Å². The molecule has 3 rings (SSSR count). The summed E-state index contributed by atoms with van der Waals surface area (Å²) in [6.07, 6.45) is 1.39. The summed E-state index contributed by atoms with van der Waals surface area (Å²) >= 11 is 0. The number of rotatable bonds is 5. The molecule has 2 aromatic carbocycles. The molecule has 26 heavy (non-hydrogen) atoms. The maximum absolute atomic E-state index is 12.1. The molecule has 0 aliphatic carbocycles. The number of hydrogen-bond acceptors (Lipinski definition) is 5. The number of non-ortho nitro benzene ring substituents is 1. The summed E-state index contributed by atoms with van der Waals surface area (Å²) in [6, 6.07) is 16.7. The maximum atomic E-state index is 12.1. The summed E-state index contributed by atoms with van der Waals surface area (Å²) in [4.78, 5) is 22.3. The van der Waals surface area contributed by atoms with Crippen LogP contribution in [0.15, 0.2) is 70.2 Å². The minimum absolute atomic E-state index is 0.0148. The Kier molecular flexibility index (Phi) is 4.89. The predicted octanol–water partition coefficient (Wildman–Crippen LogP) is 3.93. The summed E-state index contributed by atoms with van der Waals surface area (Å²) in [5, 5.41) is 14.6. The lowest BCUT2D eigenvalue weighted by molar-refractivity contribution is -0.384. The van der Waals surface area contributed by atoms with Crippen LogP contribution in [-0.2, 0) is 0 Å². The van der Waals surface area contributed by atoms with Crippen molar-refractivity contribution in [2.45, 2.75) is 6.92 Å². The number of carbonyl (C=O) groups is 1. The average molecular weight is 349 g/mol. The molecule has 0 unspecified atom stereocenters. The number of aryl methyl sites for hydroxylation is 1. The van der Waals surface area contributed by atoms with Gasteiger partial charge in [-0.15, -0.1) is 0 Å². The molecule has 0 radical (unpaired) electrons. The monoisotopic (exact) mass is 349 g/mol. The van der Waals surface area contributed by atoms with Crippen LogP contribution >= 0.6 is 0 Å². The molecule has 0 saturated carbocycles. The Morgan fingerprint density at radius 2 is 1.85 bits per heavy atom. The first-order valence-electron chi connectivity index (χ1n) is 7.78.